The maximum absolute atomic E-state index is 12.4. The smallest absolute Gasteiger partial charge is 0.416 e. The number of benzene rings is 1. The third-order valence-electron chi connectivity index (χ3n) is 1.93. The molecule has 104 valence electrons. The van der Waals surface area contributed by atoms with Gasteiger partial charge in [-0.05, 0) is 18.2 Å². The molecule has 1 N–H and O–H groups in total. The molecule has 0 unspecified atom stereocenters. The molecule has 19 heavy (non-hydrogen) atoms. The number of hydrogen-bond acceptors (Lipinski definition) is 4. The van der Waals surface area contributed by atoms with Gasteiger partial charge >= 0.3 is 6.18 Å². The number of carbonyl (C=O) groups excluding carboxylic acids is 2. The Morgan fingerprint density at radius 1 is 1.26 bits per heavy atom. The number of amides is 1. The van der Waals surface area contributed by atoms with Crippen LogP contribution < -0.4 is 10.4 Å². The van der Waals surface area contributed by atoms with Gasteiger partial charge in [0, 0.05) is 11.4 Å². The van der Waals surface area contributed by atoms with Gasteiger partial charge in [0.15, 0.2) is 0 Å². The van der Waals surface area contributed by atoms with Crippen LogP contribution in [0.2, 0.25) is 0 Å². The Morgan fingerprint density at radius 3 is 2.53 bits per heavy atom. The third-order valence-corrected chi connectivity index (χ3v) is 2.83. The molecule has 8 heteroatoms. The zero-order valence-corrected chi connectivity index (χ0v) is 10.3. The summed E-state index contributed by atoms with van der Waals surface area (Å²) in [5.41, 5.74) is -0.860. The van der Waals surface area contributed by atoms with E-state index in [9.17, 15) is 27.9 Å². The van der Waals surface area contributed by atoms with E-state index in [0.717, 1.165) is 23.9 Å². The minimum atomic E-state index is -4.48. The fourth-order valence-electron chi connectivity index (χ4n) is 1.20. The molecule has 0 aromatic heterocycles. The number of alkyl halides is 3. The maximum atomic E-state index is 12.4. The summed E-state index contributed by atoms with van der Waals surface area (Å²) < 4.78 is 37.2. The van der Waals surface area contributed by atoms with E-state index >= 15 is 0 Å². The predicted molar refractivity (Wildman–Crippen MR) is 62.4 cm³/mol. The van der Waals surface area contributed by atoms with Crippen LogP contribution in [0, 0.1) is 0 Å². The van der Waals surface area contributed by atoms with Gasteiger partial charge in [-0.1, -0.05) is 6.07 Å². The summed E-state index contributed by atoms with van der Waals surface area (Å²) in [4.78, 5) is 21.4. The number of carbonyl (C=O) groups is 2. The first-order valence-corrected chi connectivity index (χ1v) is 6.19. The molecule has 0 bridgehead atoms. The summed E-state index contributed by atoms with van der Waals surface area (Å²) in [7, 11) is 0. The normalized spacial score (nSPS) is 11.1. The van der Waals surface area contributed by atoms with E-state index in [1.165, 1.54) is 12.1 Å². The highest BCUT2D eigenvalue weighted by molar-refractivity contribution is 8.00. The van der Waals surface area contributed by atoms with Gasteiger partial charge in [-0.3, -0.25) is 4.79 Å². The van der Waals surface area contributed by atoms with Crippen LogP contribution in [-0.4, -0.2) is 23.4 Å². The molecular weight excluding hydrogens is 283 g/mol. The van der Waals surface area contributed by atoms with Crippen molar-refractivity contribution >= 4 is 29.3 Å². The summed E-state index contributed by atoms with van der Waals surface area (Å²) in [5.74, 6) is -2.41. The van der Waals surface area contributed by atoms with Crippen molar-refractivity contribution in [1.82, 2.24) is 0 Å². The second-order valence-corrected chi connectivity index (χ2v) is 4.48. The first-order valence-electron chi connectivity index (χ1n) is 5.04. The Balaban J connectivity index is 2.57. The van der Waals surface area contributed by atoms with Gasteiger partial charge in [0.2, 0.25) is 5.91 Å². The minimum absolute atomic E-state index is 0.00822. The van der Waals surface area contributed by atoms with Gasteiger partial charge < -0.3 is 15.2 Å². The lowest BCUT2D eigenvalue weighted by atomic mass is 10.2. The second kappa shape index (κ2) is 6.46. The lowest BCUT2D eigenvalue weighted by Crippen LogP contribution is -2.25. The van der Waals surface area contributed by atoms with E-state index < -0.39 is 23.6 Å². The SMILES string of the molecule is O=C([O-])CSCC(=O)Nc1cccc(C(F)(F)F)c1. The number of anilines is 1. The largest absolute Gasteiger partial charge is 0.549 e. The standard InChI is InChI=1S/C11H10F3NO3S/c12-11(13,14)7-2-1-3-8(4-7)15-9(16)5-19-6-10(17)18/h1-4H,5-6H2,(H,15,16)(H,17,18)/p-1. The molecule has 0 fully saturated rings. The van der Waals surface area contributed by atoms with Crippen LogP contribution in [-0.2, 0) is 15.8 Å². The molecule has 1 aromatic carbocycles. The molecule has 1 amide bonds. The molecule has 0 saturated heterocycles. The number of thioether (sulfide) groups is 1. The van der Waals surface area contributed by atoms with Crippen LogP contribution in [0.25, 0.3) is 0 Å². The van der Waals surface area contributed by atoms with Gasteiger partial charge in [-0.2, -0.15) is 13.2 Å². The molecule has 0 aliphatic heterocycles. The van der Waals surface area contributed by atoms with Crippen molar-refractivity contribution in [2.75, 3.05) is 16.8 Å². The minimum Gasteiger partial charge on any atom is -0.549 e. The lowest BCUT2D eigenvalue weighted by molar-refractivity contribution is -0.301. The molecule has 1 rings (SSSR count). The van der Waals surface area contributed by atoms with Crippen LogP contribution in [0.3, 0.4) is 0 Å². The van der Waals surface area contributed by atoms with Crippen LogP contribution in [0.4, 0.5) is 18.9 Å². The molecule has 0 heterocycles. The summed E-state index contributed by atoms with van der Waals surface area (Å²) in [6.07, 6.45) is -4.48. The number of halogens is 3. The topological polar surface area (TPSA) is 69.2 Å². The van der Waals surface area contributed by atoms with Gasteiger partial charge in [-0.15, -0.1) is 11.8 Å². The molecule has 0 atom stereocenters. The third kappa shape index (κ3) is 5.64. The van der Waals surface area contributed by atoms with Crippen molar-refractivity contribution in [3.8, 4) is 0 Å². The first kappa shape index (κ1) is 15.4. The Hall–Kier alpha value is -1.70. The van der Waals surface area contributed by atoms with E-state index in [2.05, 4.69) is 5.32 Å². The number of aliphatic carboxylic acids is 1. The monoisotopic (exact) mass is 292 g/mol. The fourth-order valence-corrected chi connectivity index (χ4v) is 1.72. The molecule has 1 aromatic rings. The average Bonchev–Trinajstić information content (AvgIpc) is 2.27. The maximum Gasteiger partial charge on any atom is 0.416 e. The van der Waals surface area contributed by atoms with Crippen molar-refractivity contribution in [3.05, 3.63) is 29.8 Å². The van der Waals surface area contributed by atoms with E-state index in [1.807, 2.05) is 0 Å². The zero-order chi connectivity index (χ0) is 14.5. The van der Waals surface area contributed by atoms with Crippen LogP contribution in [0.5, 0.6) is 0 Å². The van der Waals surface area contributed by atoms with E-state index in [1.54, 1.807) is 0 Å². The second-order valence-electron chi connectivity index (χ2n) is 3.49. The molecular formula is C11H9F3NO3S-. The number of carboxylic acid groups (broad SMARTS) is 1. The van der Waals surface area contributed by atoms with Crippen molar-refractivity contribution < 1.29 is 27.9 Å². The molecule has 0 radical (unpaired) electrons. The number of carboxylic acids is 1. The van der Waals surface area contributed by atoms with E-state index in [0.29, 0.717) is 0 Å². The average molecular weight is 292 g/mol. The summed E-state index contributed by atoms with van der Waals surface area (Å²) in [6.45, 7) is 0. The van der Waals surface area contributed by atoms with Crippen molar-refractivity contribution in [1.29, 1.82) is 0 Å². The fraction of sp³-hybridized carbons (Fsp3) is 0.273. The zero-order valence-electron chi connectivity index (χ0n) is 9.49. The van der Waals surface area contributed by atoms with E-state index in [4.69, 9.17) is 0 Å². The number of hydrogen-bond donors (Lipinski definition) is 1. The summed E-state index contributed by atoms with van der Waals surface area (Å²) in [5, 5.41) is 12.4. The summed E-state index contributed by atoms with van der Waals surface area (Å²) >= 11 is 0.802. The quantitative estimate of drug-likeness (QED) is 0.883. The van der Waals surface area contributed by atoms with Gasteiger partial charge in [0.25, 0.3) is 0 Å². The lowest BCUT2D eigenvalue weighted by Gasteiger charge is -2.09. The van der Waals surface area contributed by atoms with Crippen molar-refractivity contribution in [2.24, 2.45) is 0 Å². The molecule has 0 saturated carbocycles. The van der Waals surface area contributed by atoms with Gasteiger partial charge in [-0.25, -0.2) is 0 Å². The van der Waals surface area contributed by atoms with Crippen molar-refractivity contribution in [2.45, 2.75) is 6.18 Å². The highest BCUT2D eigenvalue weighted by atomic mass is 32.2. The Labute approximate surface area is 111 Å². The van der Waals surface area contributed by atoms with Crippen molar-refractivity contribution in [3.63, 3.8) is 0 Å². The summed E-state index contributed by atoms with van der Waals surface area (Å²) in [6, 6.07) is 4.19. The molecule has 0 spiro atoms. The Morgan fingerprint density at radius 2 is 1.95 bits per heavy atom. The highest BCUT2D eigenvalue weighted by Crippen LogP contribution is 2.30. The Kier molecular flexibility index (Phi) is 5.22. The molecule has 4 nitrogen and oxygen atoms in total. The molecule has 0 aliphatic rings. The number of rotatable bonds is 5. The van der Waals surface area contributed by atoms with Crippen LogP contribution in [0.15, 0.2) is 24.3 Å². The van der Waals surface area contributed by atoms with Crippen LogP contribution in [0.1, 0.15) is 5.56 Å². The number of nitrogens with one attached hydrogen (secondary N) is 1. The van der Waals surface area contributed by atoms with E-state index in [-0.39, 0.29) is 17.2 Å². The van der Waals surface area contributed by atoms with Gasteiger partial charge in [0.1, 0.15) is 0 Å². The highest BCUT2D eigenvalue weighted by Gasteiger charge is 2.30. The Bertz CT molecular complexity index is 476. The first-order chi connectivity index (χ1) is 8.79. The predicted octanol–water partition coefficient (Wildman–Crippen LogP) is 1.13. The van der Waals surface area contributed by atoms with Crippen LogP contribution >= 0.6 is 11.8 Å². The molecule has 0 aliphatic carbocycles. The van der Waals surface area contributed by atoms with Gasteiger partial charge in [0.05, 0.1) is 17.3 Å².